The van der Waals surface area contributed by atoms with Gasteiger partial charge in [0.2, 0.25) is 0 Å². The van der Waals surface area contributed by atoms with Crippen LogP contribution in [-0.2, 0) is 0 Å². The van der Waals surface area contributed by atoms with Gasteiger partial charge in [0.15, 0.2) is 0 Å². The van der Waals surface area contributed by atoms with E-state index in [9.17, 15) is 0 Å². The Labute approximate surface area is 90.8 Å². The van der Waals surface area contributed by atoms with Gasteiger partial charge in [0.25, 0.3) is 0 Å². The Morgan fingerprint density at radius 3 is 2.27 bits per heavy atom. The van der Waals surface area contributed by atoms with Crippen LogP contribution >= 0.6 is 0 Å². The molecule has 15 heavy (non-hydrogen) atoms. The molecule has 2 aromatic rings. The lowest BCUT2D eigenvalue weighted by molar-refractivity contribution is 0.869. The Morgan fingerprint density at radius 2 is 1.60 bits per heavy atom. The molecule has 0 spiro atoms. The van der Waals surface area contributed by atoms with Crippen LogP contribution in [0.2, 0.25) is 0 Å². The minimum Gasteiger partial charge on any atom is -0.265 e. The summed E-state index contributed by atoms with van der Waals surface area (Å²) in [6.07, 6.45) is 3.68. The fourth-order valence-electron chi connectivity index (χ4n) is 1.79. The van der Waals surface area contributed by atoms with Gasteiger partial charge in [-0.3, -0.25) is 4.98 Å². The molecule has 0 unspecified atom stereocenters. The van der Waals surface area contributed by atoms with Crippen molar-refractivity contribution in [2.75, 3.05) is 0 Å². The van der Waals surface area contributed by atoms with Crippen molar-refractivity contribution in [2.24, 2.45) is 0 Å². The molecule has 1 heteroatoms. The van der Waals surface area contributed by atoms with E-state index >= 15 is 0 Å². The average molecular weight is 197 g/mol. The summed E-state index contributed by atoms with van der Waals surface area (Å²) in [5.74, 6) is 0.550. The summed E-state index contributed by atoms with van der Waals surface area (Å²) in [6, 6.07) is 12.7. The second-order valence-corrected chi connectivity index (χ2v) is 3.98. The highest BCUT2D eigenvalue weighted by atomic mass is 14.6. The molecule has 0 fully saturated rings. The lowest BCUT2D eigenvalue weighted by Gasteiger charge is -2.12. The molecule has 0 aliphatic rings. The van der Waals surface area contributed by atoms with Crippen LogP contribution in [0.1, 0.15) is 25.3 Å². The summed E-state index contributed by atoms with van der Waals surface area (Å²) in [7, 11) is 0. The molecule has 0 saturated heterocycles. The zero-order chi connectivity index (χ0) is 10.7. The Kier molecular flexibility index (Phi) is 2.82. The van der Waals surface area contributed by atoms with Crippen LogP contribution in [0.15, 0.2) is 48.8 Å². The molecule has 1 heterocycles. The van der Waals surface area contributed by atoms with E-state index in [2.05, 4.69) is 55.2 Å². The van der Waals surface area contributed by atoms with Crippen LogP contribution in [0, 0.1) is 0 Å². The number of hydrogen-bond donors (Lipinski definition) is 0. The third-order valence-electron chi connectivity index (χ3n) is 2.57. The molecule has 0 aliphatic carbocycles. The summed E-state index contributed by atoms with van der Waals surface area (Å²) >= 11 is 0. The SMILES string of the molecule is CC(C)c1ccccc1-c1ccncc1. The van der Waals surface area contributed by atoms with Gasteiger partial charge < -0.3 is 0 Å². The van der Waals surface area contributed by atoms with Crippen molar-refractivity contribution in [3.63, 3.8) is 0 Å². The molecule has 0 saturated carbocycles. The molecule has 0 N–H and O–H groups in total. The standard InChI is InChI=1S/C14H15N/c1-11(2)13-5-3-4-6-14(13)12-7-9-15-10-8-12/h3-11H,1-2H3. The minimum absolute atomic E-state index is 0.550. The Balaban J connectivity index is 2.53. The highest BCUT2D eigenvalue weighted by Gasteiger charge is 2.06. The molecule has 1 aromatic heterocycles. The van der Waals surface area contributed by atoms with Crippen LogP contribution < -0.4 is 0 Å². The zero-order valence-electron chi connectivity index (χ0n) is 9.14. The van der Waals surface area contributed by atoms with Gasteiger partial charge in [-0.25, -0.2) is 0 Å². The van der Waals surface area contributed by atoms with Crippen molar-refractivity contribution in [3.8, 4) is 11.1 Å². The van der Waals surface area contributed by atoms with E-state index in [4.69, 9.17) is 0 Å². The quantitative estimate of drug-likeness (QED) is 0.712. The first-order chi connectivity index (χ1) is 7.29. The van der Waals surface area contributed by atoms with E-state index < -0.39 is 0 Å². The maximum Gasteiger partial charge on any atom is 0.0273 e. The number of benzene rings is 1. The predicted molar refractivity (Wildman–Crippen MR) is 63.8 cm³/mol. The van der Waals surface area contributed by atoms with Crippen molar-refractivity contribution >= 4 is 0 Å². The largest absolute Gasteiger partial charge is 0.265 e. The zero-order valence-corrected chi connectivity index (χ0v) is 9.14. The van der Waals surface area contributed by atoms with Crippen LogP contribution in [0.25, 0.3) is 11.1 Å². The smallest absolute Gasteiger partial charge is 0.0273 e. The summed E-state index contributed by atoms with van der Waals surface area (Å²) in [5.41, 5.74) is 3.95. The van der Waals surface area contributed by atoms with Crippen molar-refractivity contribution in [2.45, 2.75) is 19.8 Å². The van der Waals surface area contributed by atoms with Gasteiger partial charge in [-0.05, 0) is 34.7 Å². The molecule has 0 aliphatic heterocycles. The predicted octanol–water partition coefficient (Wildman–Crippen LogP) is 3.87. The van der Waals surface area contributed by atoms with E-state index in [1.54, 1.807) is 0 Å². The van der Waals surface area contributed by atoms with Crippen LogP contribution in [0.5, 0.6) is 0 Å². The fourth-order valence-corrected chi connectivity index (χ4v) is 1.79. The Bertz CT molecular complexity index is 432. The monoisotopic (exact) mass is 197 g/mol. The molecule has 2 rings (SSSR count). The second-order valence-electron chi connectivity index (χ2n) is 3.98. The molecule has 0 bridgehead atoms. The summed E-state index contributed by atoms with van der Waals surface area (Å²) in [4.78, 5) is 4.05. The third kappa shape index (κ3) is 2.07. The first-order valence-corrected chi connectivity index (χ1v) is 5.28. The number of rotatable bonds is 2. The lowest BCUT2D eigenvalue weighted by Crippen LogP contribution is -1.91. The highest BCUT2D eigenvalue weighted by Crippen LogP contribution is 2.28. The number of pyridine rings is 1. The van der Waals surface area contributed by atoms with Gasteiger partial charge >= 0.3 is 0 Å². The normalized spacial score (nSPS) is 10.6. The van der Waals surface area contributed by atoms with Crippen molar-refractivity contribution in [1.82, 2.24) is 4.98 Å². The molecular weight excluding hydrogens is 182 g/mol. The van der Waals surface area contributed by atoms with E-state index in [0.717, 1.165) is 0 Å². The van der Waals surface area contributed by atoms with Gasteiger partial charge in [0, 0.05) is 12.4 Å². The van der Waals surface area contributed by atoms with E-state index in [0.29, 0.717) is 5.92 Å². The topological polar surface area (TPSA) is 12.9 Å². The molecule has 1 nitrogen and oxygen atoms in total. The second kappa shape index (κ2) is 4.26. The van der Waals surface area contributed by atoms with E-state index in [-0.39, 0.29) is 0 Å². The van der Waals surface area contributed by atoms with Gasteiger partial charge in [-0.2, -0.15) is 0 Å². The molecule has 0 radical (unpaired) electrons. The van der Waals surface area contributed by atoms with Crippen LogP contribution in [0.3, 0.4) is 0 Å². The Morgan fingerprint density at radius 1 is 0.933 bits per heavy atom. The van der Waals surface area contributed by atoms with Gasteiger partial charge in [-0.1, -0.05) is 38.1 Å². The summed E-state index contributed by atoms with van der Waals surface area (Å²) < 4.78 is 0. The number of nitrogens with zero attached hydrogens (tertiary/aromatic N) is 1. The van der Waals surface area contributed by atoms with Crippen LogP contribution in [-0.4, -0.2) is 4.98 Å². The first kappa shape index (κ1) is 9.91. The van der Waals surface area contributed by atoms with E-state index in [1.165, 1.54) is 16.7 Å². The molecule has 0 amide bonds. The maximum atomic E-state index is 4.05. The third-order valence-corrected chi connectivity index (χ3v) is 2.57. The Hall–Kier alpha value is -1.63. The average Bonchev–Trinajstić information content (AvgIpc) is 2.30. The van der Waals surface area contributed by atoms with Gasteiger partial charge in [0.05, 0.1) is 0 Å². The van der Waals surface area contributed by atoms with Crippen molar-refractivity contribution in [1.29, 1.82) is 0 Å². The minimum atomic E-state index is 0.550. The fraction of sp³-hybridized carbons (Fsp3) is 0.214. The van der Waals surface area contributed by atoms with Gasteiger partial charge in [-0.15, -0.1) is 0 Å². The molecule has 0 atom stereocenters. The van der Waals surface area contributed by atoms with Crippen molar-refractivity contribution < 1.29 is 0 Å². The first-order valence-electron chi connectivity index (χ1n) is 5.28. The maximum absolute atomic E-state index is 4.05. The highest BCUT2D eigenvalue weighted by molar-refractivity contribution is 5.67. The molecular formula is C14H15N. The molecule has 76 valence electrons. The number of aromatic nitrogens is 1. The van der Waals surface area contributed by atoms with Crippen LogP contribution in [0.4, 0.5) is 0 Å². The summed E-state index contributed by atoms with van der Waals surface area (Å²) in [6.45, 7) is 4.44. The summed E-state index contributed by atoms with van der Waals surface area (Å²) in [5, 5.41) is 0. The van der Waals surface area contributed by atoms with Gasteiger partial charge in [0.1, 0.15) is 0 Å². The molecule has 1 aromatic carbocycles. The number of hydrogen-bond acceptors (Lipinski definition) is 1. The van der Waals surface area contributed by atoms with Crippen molar-refractivity contribution in [3.05, 3.63) is 54.4 Å². The van der Waals surface area contributed by atoms with E-state index in [1.807, 2.05) is 12.4 Å². The lowest BCUT2D eigenvalue weighted by atomic mass is 9.93.